The number of benzene rings is 1. The lowest BCUT2D eigenvalue weighted by Crippen LogP contribution is -2.40. The highest BCUT2D eigenvalue weighted by Gasteiger charge is 2.38. The van der Waals surface area contributed by atoms with Gasteiger partial charge >= 0.3 is 0 Å². The summed E-state index contributed by atoms with van der Waals surface area (Å²) in [6.07, 6.45) is 0. The molecule has 1 aliphatic heterocycles. The van der Waals surface area contributed by atoms with E-state index in [0.717, 1.165) is 4.31 Å². The SMILES string of the molecule is CN1C(C(=O)Nc2nc(CO[Si](C)(C)C(C)(C)C)cs2)=C(O)c2ccccc2S1(=O)=O. The average Bonchev–Trinajstić information content (AvgIpc) is 3.12. The largest absolute Gasteiger partial charge is 0.505 e. The van der Waals surface area contributed by atoms with E-state index in [1.165, 1.54) is 30.5 Å². The predicted molar refractivity (Wildman–Crippen MR) is 124 cm³/mol. The third kappa shape index (κ3) is 4.40. The fourth-order valence-corrected chi connectivity index (χ4v) is 5.77. The molecule has 8 nitrogen and oxygen atoms in total. The fourth-order valence-electron chi connectivity index (χ4n) is 2.74. The number of rotatable bonds is 5. The van der Waals surface area contributed by atoms with Crippen LogP contribution in [0.15, 0.2) is 40.2 Å². The molecule has 31 heavy (non-hydrogen) atoms. The minimum Gasteiger partial charge on any atom is -0.505 e. The molecule has 0 unspecified atom stereocenters. The zero-order valence-corrected chi connectivity index (χ0v) is 21.0. The van der Waals surface area contributed by atoms with Crippen LogP contribution in [0.3, 0.4) is 0 Å². The Morgan fingerprint density at radius 1 is 1.29 bits per heavy atom. The van der Waals surface area contributed by atoms with Crippen LogP contribution in [0.2, 0.25) is 18.1 Å². The number of hydrogen-bond donors (Lipinski definition) is 2. The second-order valence-electron chi connectivity index (χ2n) is 8.81. The van der Waals surface area contributed by atoms with E-state index in [1.54, 1.807) is 17.5 Å². The molecule has 0 radical (unpaired) electrons. The van der Waals surface area contributed by atoms with Crippen molar-refractivity contribution in [3.05, 3.63) is 46.6 Å². The van der Waals surface area contributed by atoms with Crippen molar-refractivity contribution in [2.75, 3.05) is 12.4 Å². The van der Waals surface area contributed by atoms with E-state index in [9.17, 15) is 18.3 Å². The number of sulfonamides is 1. The molecule has 0 saturated heterocycles. The summed E-state index contributed by atoms with van der Waals surface area (Å²) in [4.78, 5) is 17.2. The number of aliphatic hydroxyl groups excluding tert-OH is 1. The van der Waals surface area contributed by atoms with Gasteiger partial charge in [0.15, 0.2) is 24.9 Å². The lowest BCUT2D eigenvalue weighted by molar-refractivity contribution is -0.113. The number of nitrogens with zero attached hydrogens (tertiary/aromatic N) is 2. The summed E-state index contributed by atoms with van der Waals surface area (Å²) in [6, 6.07) is 6.01. The van der Waals surface area contributed by atoms with Gasteiger partial charge < -0.3 is 9.53 Å². The molecule has 0 saturated carbocycles. The van der Waals surface area contributed by atoms with Gasteiger partial charge in [-0.15, -0.1) is 11.3 Å². The Hall–Kier alpha value is -2.21. The molecule has 2 heterocycles. The molecular weight excluding hydrogens is 454 g/mol. The van der Waals surface area contributed by atoms with Crippen molar-refractivity contribution >= 4 is 46.5 Å². The Labute approximate surface area is 187 Å². The van der Waals surface area contributed by atoms with Gasteiger partial charge in [0.05, 0.1) is 17.2 Å². The Bertz CT molecular complexity index is 1150. The van der Waals surface area contributed by atoms with Crippen LogP contribution in [0.1, 0.15) is 32.0 Å². The molecule has 3 rings (SSSR count). The molecule has 0 bridgehead atoms. The number of amides is 1. The summed E-state index contributed by atoms with van der Waals surface area (Å²) in [5.74, 6) is -1.16. The van der Waals surface area contributed by atoms with Gasteiger partial charge in [0.25, 0.3) is 15.9 Å². The summed E-state index contributed by atoms with van der Waals surface area (Å²) in [5, 5.41) is 15.3. The number of carbonyl (C=O) groups is 1. The van der Waals surface area contributed by atoms with Gasteiger partial charge in [0.1, 0.15) is 0 Å². The van der Waals surface area contributed by atoms with Gasteiger partial charge in [-0.05, 0) is 30.3 Å². The van der Waals surface area contributed by atoms with Gasteiger partial charge in [-0.1, -0.05) is 32.9 Å². The molecule has 1 aromatic carbocycles. The van der Waals surface area contributed by atoms with E-state index < -0.39 is 30.0 Å². The Morgan fingerprint density at radius 3 is 2.58 bits per heavy atom. The van der Waals surface area contributed by atoms with Crippen molar-refractivity contribution in [3.8, 4) is 0 Å². The maximum absolute atomic E-state index is 12.9. The van der Waals surface area contributed by atoms with Crippen LogP contribution in [0, 0.1) is 0 Å². The quantitative estimate of drug-likeness (QED) is 0.621. The second kappa shape index (κ2) is 8.04. The van der Waals surface area contributed by atoms with Crippen LogP contribution in [0.4, 0.5) is 5.13 Å². The molecule has 0 aliphatic carbocycles. The first-order valence-electron chi connectivity index (χ1n) is 9.67. The first kappa shape index (κ1) is 23.5. The summed E-state index contributed by atoms with van der Waals surface area (Å²) in [5.41, 5.74) is 0.416. The summed E-state index contributed by atoms with van der Waals surface area (Å²) in [7, 11) is -4.66. The number of hydrogen-bond acceptors (Lipinski definition) is 7. The fraction of sp³-hybridized carbons (Fsp3) is 0.400. The number of aliphatic hydroxyl groups is 1. The van der Waals surface area contributed by atoms with Gasteiger partial charge in [0.2, 0.25) is 0 Å². The molecule has 0 atom stereocenters. The summed E-state index contributed by atoms with van der Waals surface area (Å²) < 4.78 is 32.4. The molecule has 1 aromatic heterocycles. The van der Waals surface area contributed by atoms with E-state index in [2.05, 4.69) is 44.2 Å². The zero-order valence-electron chi connectivity index (χ0n) is 18.4. The van der Waals surface area contributed by atoms with Crippen molar-refractivity contribution in [2.45, 2.75) is 50.4 Å². The van der Waals surface area contributed by atoms with Crippen LogP contribution < -0.4 is 5.32 Å². The predicted octanol–water partition coefficient (Wildman–Crippen LogP) is 4.16. The average molecular weight is 482 g/mol. The Kier molecular flexibility index (Phi) is 6.08. The number of fused-ring (bicyclic) bond motifs is 1. The highest BCUT2D eigenvalue weighted by molar-refractivity contribution is 7.89. The van der Waals surface area contributed by atoms with E-state index >= 15 is 0 Å². The van der Waals surface area contributed by atoms with Crippen LogP contribution in [0.25, 0.3) is 5.76 Å². The van der Waals surface area contributed by atoms with Crippen LogP contribution in [-0.2, 0) is 25.9 Å². The van der Waals surface area contributed by atoms with Crippen molar-refractivity contribution in [2.24, 2.45) is 0 Å². The lowest BCUT2D eigenvalue weighted by atomic mass is 10.1. The number of aromatic nitrogens is 1. The smallest absolute Gasteiger partial charge is 0.278 e. The normalized spacial score (nSPS) is 16.3. The minimum absolute atomic E-state index is 0.0501. The number of likely N-dealkylation sites (N-methyl/N-ethyl adjacent to an activating group) is 1. The van der Waals surface area contributed by atoms with E-state index in [1.807, 2.05) is 0 Å². The molecule has 0 spiro atoms. The standard InChI is InChI=1S/C20H27N3O5S2Si/c1-20(2,3)31(5,6)28-11-13-12-29-19(21-13)22-18(25)16-17(24)14-9-7-8-10-15(14)30(26,27)23(16)4/h7-10,12,24H,11H2,1-6H3,(H,21,22,25). The van der Waals surface area contributed by atoms with Crippen LogP contribution in [-0.4, -0.2) is 44.1 Å². The van der Waals surface area contributed by atoms with Crippen molar-refractivity contribution in [3.63, 3.8) is 0 Å². The molecule has 0 fully saturated rings. The maximum atomic E-state index is 12.9. The van der Waals surface area contributed by atoms with Crippen LogP contribution in [0.5, 0.6) is 0 Å². The third-order valence-corrected chi connectivity index (χ3v) is 12.8. The van der Waals surface area contributed by atoms with Crippen LogP contribution >= 0.6 is 11.3 Å². The molecule has 168 valence electrons. The lowest BCUT2D eigenvalue weighted by Gasteiger charge is -2.35. The topological polar surface area (TPSA) is 109 Å². The van der Waals surface area contributed by atoms with Gasteiger partial charge in [0, 0.05) is 18.0 Å². The zero-order chi connectivity index (χ0) is 23.2. The first-order chi connectivity index (χ1) is 14.3. The van der Waals surface area contributed by atoms with Crippen molar-refractivity contribution in [1.29, 1.82) is 0 Å². The molecule has 11 heteroatoms. The molecule has 1 amide bonds. The summed E-state index contributed by atoms with van der Waals surface area (Å²) in [6.45, 7) is 11.1. The van der Waals surface area contributed by atoms with Gasteiger partial charge in [-0.2, -0.15) is 0 Å². The highest BCUT2D eigenvalue weighted by Crippen LogP contribution is 2.37. The highest BCUT2D eigenvalue weighted by atomic mass is 32.2. The number of thiazole rings is 1. The van der Waals surface area contributed by atoms with Crippen molar-refractivity contribution < 1.29 is 22.7 Å². The second-order valence-corrected chi connectivity index (χ2v) is 16.4. The number of carbonyl (C=O) groups excluding carboxylic acids is 1. The number of anilines is 1. The molecular formula is C20H27N3O5S2Si. The maximum Gasteiger partial charge on any atom is 0.278 e. The van der Waals surface area contributed by atoms with E-state index in [0.29, 0.717) is 17.4 Å². The Balaban J connectivity index is 1.80. The summed E-state index contributed by atoms with van der Waals surface area (Å²) >= 11 is 1.21. The van der Waals surface area contributed by atoms with Gasteiger partial charge in [-0.3, -0.25) is 14.4 Å². The molecule has 1 aliphatic rings. The molecule has 2 N–H and O–H groups in total. The number of nitrogens with one attached hydrogen (secondary N) is 1. The minimum atomic E-state index is -3.95. The van der Waals surface area contributed by atoms with Crippen molar-refractivity contribution in [1.82, 2.24) is 9.29 Å². The first-order valence-corrected chi connectivity index (χ1v) is 14.9. The van der Waals surface area contributed by atoms with E-state index in [4.69, 9.17) is 4.43 Å². The van der Waals surface area contributed by atoms with Gasteiger partial charge in [-0.25, -0.2) is 13.4 Å². The Morgan fingerprint density at radius 2 is 1.94 bits per heavy atom. The molecule has 2 aromatic rings. The third-order valence-electron chi connectivity index (χ3n) is 5.69. The monoisotopic (exact) mass is 481 g/mol. The van der Waals surface area contributed by atoms with E-state index in [-0.39, 0.29) is 21.2 Å².